The van der Waals surface area contributed by atoms with Gasteiger partial charge in [0.2, 0.25) is 15.9 Å². The number of rotatable bonds is 3. The maximum atomic E-state index is 13.2. The number of nitrogens with zero attached hydrogens (tertiary/aromatic N) is 4. The van der Waals surface area contributed by atoms with Gasteiger partial charge in [0.05, 0.1) is 12.9 Å². The van der Waals surface area contributed by atoms with Crippen LogP contribution in [0.25, 0.3) is 0 Å². The highest BCUT2D eigenvalue weighted by molar-refractivity contribution is 7.88. The third kappa shape index (κ3) is 7.55. The third-order valence-electron chi connectivity index (χ3n) is 8.18. The number of hydrogen-bond donors (Lipinski definition) is 0. The minimum absolute atomic E-state index is 0.0880. The van der Waals surface area contributed by atoms with Gasteiger partial charge in [0.15, 0.2) is 0 Å². The number of sulfonamides is 1. The number of carbonyl (C=O) groups excluding carboxylic acids is 2. The van der Waals surface area contributed by atoms with Crippen LogP contribution in [0.4, 0.5) is 5.69 Å². The highest BCUT2D eigenvalue weighted by Crippen LogP contribution is 2.27. The number of morpholine rings is 1. The van der Waals surface area contributed by atoms with Gasteiger partial charge in [-0.1, -0.05) is 43.9 Å². The van der Waals surface area contributed by atoms with E-state index in [1.54, 1.807) is 6.92 Å². The molecule has 1 aromatic rings. The topological polar surface area (TPSA) is 90.5 Å². The Hall–Kier alpha value is -2.01. The molecule has 4 rings (SSSR count). The van der Waals surface area contributed by atoms with Gasteiger partial charge in [-0.25, -0.2) is 8.42 Å². The number of piperidine rings is 1. The van der Waals surface area contributed by atoms with E-state index in [9.17, 15) is 18.0 Å². The molecule has 3 heterocycles. The van der Waals surface area contributed by atoms with E-state index in [0.29, 0.717) is 25.7 Å². The SMILES string of the molecule is CC(=O)N1CCCCCCCCN(C2CCN(C(=O)C3CN(S(C)(=O)=O)CCO3)CC2)Cc2ccccc21. The summed E-state index contributed by atoms with van der Waals surface area (Å²) in [6.45, 7) is 6.10. The molecule has 0 spiro atoms. The van der Waals surface area contributed by atoms with Crippen LogP contribution < -0.4 is 4.90 Å². The molecule has 0 aromatic heterocycles. The summed E-state index contributed by atoms with van der Waals surface area (Å²) < 4.78 is 31.0. The van der Waals surface area contributed by atoms with E-state index < -0.39 is 16.1 Å². The van der Waals surface area contributed by atoms with Crippen molar-refractivity contribution in [3.63, 3.8) is 0 Å². The molecule has 9 nitrogen and oxygen atoms in total. The molecule has 1 atom stereocenters. The van der Waals surface area contributed by atoms with Gasteiger partial charge in [0.1, 0.15) is 6.10 Å². The van der Waals surface area contributed by atoms with Crippen molar-refractivity contribution < 1.29 is 22.7 Å². The lowest BCUT2D eigenvalue weighted by Crippen LogP contribution is -2.55. The molecule has 38 heavy (non-hydrogen) atoms. The molecule has 0 radical (unpaired) electrons. The number of ether oxygens (including phenoxy) is 1. The van der Waals surface area contributed by atoms with Gasteiger partial charge in [-0.2, -0.15) is 4.31 Å². The Bertz CT molecular complexity index is 1060. The van der Waals surface area contributed by atoms with Crippen LogP contribution in [0.5, 0.6) is 0 Å². The minimum Gasteiger partial charge on any atom is -0.366 e. The Labute approximate surface area is 228 Å². The highest BCUT2D eigenvalue weighted by atomic mass is 32.2. The van der Waals surface area contributed by atoms with Crippen molar-refractivity contribution >= 4 is 27.5 Å². The van der Waals surface area contributed by atoms with Crippen molar-refractivity contribution in [2.45, 2.75) is 77.0 Å². The molecule has 2 saturated heterocycles. The maximum absolute atomic E-state index is 13.2. The van der Waals surface area contributed by atoms with Crippen LogP contribution in [-0.4, -0.2) is 98.6 Å². The molecular weight excluding hydrogens is 504 g/mol. The quantitative estimate of drug-likeness (QED) is 0.577. The Kier molecular flexibility index (Phi) is 10.2. The van der Waals surface area contributed by atoms with Crippen molar-refractivity contribution in [1.82, 2.24) is 14.1 Å². The third-order valence-corrected chi connectivity index (χ3v) is 9.45. The van der Waals surface area contributed by atoms with Gasteiger partial charge in [-0.15, -0.1) is 0 Å². The standard InChI is InChI=1S/C28H44N4O5S/c1-23(33)32-16-10-6-4-3-5-9-15-30(21-24-11-7-8-12-26(24)32)25-13-17-29(18-14-25)28(34)27-22-31(19-20-37-27)38(2,35)36/h7-8,11-12,25,27H,3-6,9-10,13-22H2,1-2H3. The van der Waals surface area contributed by atoms with Gasteiger partial charge in [-0.3, -0.25) is 14.5 Å². The van der Waals surface area contributed by atoms with Crippen molar-refractivity contribution in [1.29, 1.82) is 0 Å². The van der Waals surface area contributed by atoms with Crippen molar-refractivity contribution in [3.8, 4) is 0 Å². The van der Waals surface area contributed by atoms with Gasteiger partial charge in [0.25, 0.3) is 5.91 Å². The second-order valence-electron chi connectivity index (χ2n) is 10.9. The molecule has 0 N–H and O–H groups in total. The van der Waals surface area contributed by atoms with Crippen LogP contribution in [-0.2, 0) is 30.9 Å². The van der Waals surface area contributed by atoms with Crippen molar-refractivity contribution in [2.75, 3.05) is 57.0 Å². The fourth-order valence-corrected chi connectivity index (χ4v) is 6.80. The first kappa shape index (κ1) is 29.0. The number of carbonyl (C=O) groups is 2. The molecule has 3 aliphatic rings. The predicted octanol–water partition coefficient (Wildman–Crippen LogP) is 2.85. The predicted molar refractivity (Wildman–Crippen MR) is 148 cm³/mol. The molecule has 3 aliphatic heterocycles. The lowest BCUT2D eigenvalue weighted by atomic mass is 10.00. The second-order valence-corrected chi connectivity index (χ2v) is 12.9. The average molecular weight is 549 g/mol. The molecule has 0 saturated carbocycles. The van der Waals surface area contributed by atoms with Crippen LogP contribution in [0.3, 0.4) is 0 Å². The minimum atomic E-state index is -3.35. The zero-order valence-electron chi connectivity index (χ0n) is 23.0. The summed E-state index contributed by atoms with van der Waals surface area (Å²) in [6, 6.07) is 8.63. The Morgan fingerprint density at radius 2 is 1.55 bits per heavy atom. The van der Waals surface area contributed by atoms with Crippen LogP contribution in [0.2, 0.25) is 0 Å². The zero-order valence-corrected chi connectivity index (χ0v) is 23.8. The first-order valence-electron chi connectivity index (χ1n) is 14.2. The fraction of sp³-hybridized carbons (Fsp3) is 0.714. The number of para-hydroxylation sites is 1. The monoisotopic (exact) mass is 548 g/mol. The number of benzene rings is 1. The van der Waals surface area contributed by atoms with Crippen molar-refractivity contribution in [3.05, 3.63) is 29.8 Å². The van der Waals surface area contributed by atoms with E-state index in [1.165, 1.54) is 35.4 Å². The normalized spacial score (nSPS) is 24.1. The zero-order chi connectivity index (χ0) is 27.1. The summed E-state index contributed by atoms with van der Waals surface area (Å²) in [7, 11) is -3.35. The van der Waals surface area contributed by atoms with Crippen LogP contribution in [0.1, 0.15) is 63.9 Å². The van der Waals surface area contributed by atoms with Gasteiger partial charge >= 0.3 is 0 Å². The van der Waals surface area contributed by atoms with Crippen LogP contribution >= 0.6 is 0 Å². The van der Waals surface area contributed by atoms with Crippen LogP contribution in [0.15, 0.2) is 24.3 Å². The van der Waals surface area contributed by atoms with E-state index in [0.717, 1.165) is 57.4 Å². The number of hydrogen-bond acceptors (Lipinski definition) is 6. The molecule has 0 aliphatic carbocycles. The smallest absolute Gasteiger partial charge is 0.253 e. The number of likely N-dealkylation sites (tertiary alicyclic amines) is 1. The van der Waals surface area contributed by atoms with E-state index in [-0.39, 0.29) is 25.0 Å². The summed E-state index contributed by atoms with van der Waals surface area (Å²) in [5.74, 6) is -0.0192. The first-order chi connectivity index (χ1) is 18.2. The van der Waals surface area contributed by atoms with Gasteiger partial charge in [0, 0.05) is 57.9 Å². The molecule has 212 valence electrons. The van der Waals surface area contributed by atoms with E-state index in [1.807, 2.05) is 15.9 Å². The van der Waals surface area contributed by atoms with E-state index >= 15 is 0 Å². The van der Waals surface area contributed by atoms with E-state index in [2.05, 4.69) is 23.1 Å². The second kappa shape index (κ2) is 13.4. The molecule has 10 heteroatoms. The lowest BCUT2D eigenvalue weighted by molar-refractivity contribution is -0.148. The maximum Gasteiger partial charge on any atom is 0.253 e. The first-order valence-corrected chi connectivity index (χ1v) is 16.0. The molecule has 1 unspecified atom stereocenters. The molecule has 1 aromatic carbocycles. The van der Waals surface area contributed by atoms with E-state index in [4.69, 9.17) is 4.74 Å². The number of anilines is 1. The average Bonchev–Trinajstić information content (AvgIpc) is 2.92. The number of amides is 2. The Balaban J connectivity index is 1.43. The fourth-order valence-electron chi connectivity index (χ4n) is 5.99. The van der Waals surface area contributed by atoms with Crippen LogP contribution in [0, 0.1) is 0 Å². The Morgan fingerprint density at radius 1 is 0.895 bits per heavy atom. The molecule has 2 fully saturated rings. The largest absolute Gasteiger partial charge is 0.366 e. The summed E-state index contributed by atoms with van der Waals surface area (Å²) >= 11 is 0. The summed E-state index contributed by atoms with van der Waals surface area (Å²) in [5, 5.41) is 0. The summed E-state index contributed by atoms with van der Waals surface area (Å²) in [6.07, 6.45) is 9.14. The lowest BCUT2D eigenvalue weighted by Gasteiger charge is -2.41. The number of fused-ring (bicyclic) bond motifs is 1. The summed E-state index contributed by atoms with van der Waals surface area (Å²) in [4.78, 5) is 32.1. The van der Waals surface area contributed by atoms with Gasteiger partial charge in [-0.05, 0) is 43.9 Å². The van der Waals surface area contributed by atoms with Gasteiger partial charge < -0.3 is 14.5 Å². The molecule has 2 amide bonds. The molecular formula is C28H44N4O5S. The Morgan fingerprint density at radius 3 is 2.24 bits per heavy atom. The van der Waals surface area contributed by atoms with Crippen molar-refractivity contribution in [2.24, 2.45) is 0 Å². The highest BCUT2D eigenvalue weighted by Gasteiger charge is 2.36. The summed E-state index contributed by atoms with van der Waals surface area (Å²) in [5.41, 5.74) is 2.19. The molecule has 0 bridgehead atoms.